The number of nitrogens with zero attached hydrogens (tertiary/aromatic N) is 6. The molecule has 22 heavy (non-hydrogen) atoms. The molecule has 3 rings (SSSR count). The predicted octanol–water partition coefficient (Wildman–Crippen LogP) is 0.631. The number of fused-ring (bicyclic) bond motifs is 1. The van der Waals surface area contributed by atoms with Gasteiger partial charge in [0.2, 0.25) is 0 Å². The summed E-state index contributed by atoms with van der Waals surface area (Å²) in [5, 5.41) is 4.77. The molecule has 0 aliphatic heterocycles. The first-order valence-corrected chi connectivity index (χ1v) is 7.48. The number of aryl methyl sites for hydroxylation is 2. The highest BCUT2D eigenvalue weighted by atomic mass is 79.9. The first-order valence-electron chi connectivity index (χ1n) is 6.31. The van der Waals surface area contributed by atoms with E-state index in [1.807, 2.05) is 0 Å². The SMILES string of the molecule is Cn1nc(Cn2c(Br)nc3c(=O)n(C)c(=O)n(C)c32)cc1Cl. The van der Waals surface area contributed by atoms with Crippen LogP contribution in [0.1, 0.15) is 5.69 Å². The van der Waals surface area contributed by atoms with Crippen LogP contribution < -0.4 is 11.2 Å². The summed E-state index contributed by atoms with van der Waals surface area (Å²) in [5.74, 6) is 0. The summed E-state index contributed by atoms with van der Waals surface area (Å²) in [5.41, 5.74) is 0.502. The lowest BCUT2D eigenvalue weighted by Gasteiger charge is -2.08. The Balaban J connectivity index is 2.28. The highest BCUT2D eigenvalue weighted by Crippen LogP contribution is 2.19. The summed E-state index contributed by atoms with van der Waals surface area (Å²) in [6.07, 6.45) is 0. The van der Waals surface area contributed by atoms with Crippen LogP contribution in [0.25, 0.3) is 11.2 Å². The Morgan fingerprint density at radius 3 is 2.50 bits per heavy atom. The van der Waals surface area contributed by atoms with Gasteiger partial charge in [-0.05, 0) is 15.9 Å². The molecular weight excluding hydrogens is 376 g/mol. The second kappa shape index (κ2) is 5.10. The normalized spacial score (nSPS) is 11.5. The van der Waals surface area contributed by atoms with E-state index in [-0.39, 0.29) is 5.52 Å². The molecule has 0 aliphatic rings. The number of hydrogen-bond acceptors (Lipinski definition) is 4. The summed E-state index contributed by atoms with van der Waals surface area (Å²) in [6, 6.07) is 1.72. The molecule has 0 radical (unpaired) electrons. The molecule has 0 aliphatic carbocycles. The Morgan fingerprint density at radius 1 is 1.23 bits per heavy atom. The molecule has 0 amide bonds. The fraction of sp³-hybridized carbons (Fsp3) is 0.333. The second-order valence-electron chi connectivity index (χ2n) is 4.93. The van der Waals surface area contributed by atoms with Gasteiger partial charge in [0.05, 0.1) is 12.2 Å². The quantitative estimate of drug-likeness (QED) is 0.604. The summed E-state index contributed by atoms with van der Waals surface area (Å²) >= 11 is 9.32. The molecule has 0 N–H and O–H groups in total. The maximum Gasteiger partial charge on any atom is 0.332 e. The van der Waals surface area contributed by atoms with Gasteiger partial charge in [-0.1, -0.05) is 11.6 Å². The smallest absolute Gasteiger partial charge is 0.298 e. The fourth-order valence-electron chi connectivity index (χ4n) is 2.34. The third kappa shape index (κ3) is 2.12. The number of hydrogen-bond donors (Lipinski definition) is 0. The van der Waals surface area contributed by atoms with Crippen molar-refractivity contribution in [1.29, 1.82) is 0 Å². The van der Waals surface area contributed by atoms with Crippen LogP contribution >= 0.6 is 27.5 Å². The molecule has 0 aromatic carbocycles. The largest absolute Gasteiger partial charge is 0.332 e. The van der Waals surface area contributed by atoms with Gasteiger partial charge in [0.25, 0.3) is 5.56 Å². The zero-order valence-electron chi connectivity index (χ0n) is 12.0. The second-order valence-corrected chi connectivity index (χ2v) is 6.02. The molecular formula is C12H12BrClN6O2. The summed E-state index contributed by atoms with van der Waals surface area (Å²) in [4.78, 5) is 28.5. The van der Waals surface area contributed by atoms with Crippen molar-refractivity contribution in [3.63, 3.8) is 0 Å². The average molecular weight is 388 g/mol. The molecule has 116 valence electrons. The van der Waals surface area contributed by atoms with E-state index in [9.17, 15) is 9.59 Å². The van der Waals surface area contributed by atoms with Gasteiger partial charge in [0.15, 0.2) is 15.9 Å². The molecule has 3 heterocycles. The molecule has 8 nitrogen and oxygen atoms in total. The van der Waals surface area contributed by atoms with Gasteiger partial charge in [-0.25, -0.2) is 9.78 Å². The molecule has 0 atom stereocenters. The topological polar surface area (TPSA) is 79.6 Å². The Hall–Kier alpha value is -1.87. The van der Waals surface area contributed by atoms with Crippen molar-refractivity contribution in [2.45, 2.75) is 6.54 Å². The number of halogens is 2. The minimum Gasteiger partial charge on any atom is -0.298 e. The maximum absolute atomic E-state index is 12.2. The molecule has 10 heteroatoms. The van der Waals surface area contributed by atoms with Crippen molar-refractivity contribution in [2.75, 3.05) is 0 Å². The van der Waals surface area contributed by atoms with Crippen LogP contribution in [0, 0.1) is 0 Å². The van der Waals surface area contributed by atoms with Crippen LogP contribution in [0.2, 0.25) is 5.15 Å². The lowest BCUT2D eigenvalue weighted by atomic mass is 10.4. The highest BCUT2D eigenvalue weighted by Gasteiger charge is 2.18. The molecule has 3 aromatic rings. The minimum absolute atomic E-state index is 0.221. The molecule has 0 spiro atoms. The van der Waals surface area contributed by atoms with Crippen molar-refractivity contribution in [3.8, 4) is 0 Å². The highest BCUT2D eigenvalue weighted by molar-refractivity contribution is 9.10. The number of rotatable bonds is 2. The van der Waals surface area contributed by atoms with Gasteiger partial charge >= 0.3 is 5.69 Å². The first kappa shape index (κ1) is 15.0. The van der Waals surface area contributed by atoms with E-state index in [1.165, 1.54) is 11.6 Å². The van der Waals surface area contributed by atoms with Gasteiger partial charge in [0, 0.05) is 27.2 Å². The Labute approximate surface area is 137 Å². The minimum atomic E-state index is -0.434. The molecule has 0 fully saturated rings. The van der Waals surface area contributed by atoms with Gasteiger partial charge in [-0.15, -0.1) is 0 Å². The molecule has 0 saturated carbocycles. The van der Waals surface area contributed by atoms with Gasteiger partial charge < -0.3 is 0 Å². The number of imidazole rings is 1. The van der Waals surface area contributed by atoms with Crippen LogP contribution in [-0.4, -0.2) is 28.5 Å². The van der Waals surface area contributed by atoms with E-state index >= 15 is 0 Å². The van der Waals surface area contributed by atoms with Gasteiger partial charge in [-0.3, -0.25) is 23.2 Å². The van der Waals surface area contributed by atoms with Crippen LogP contribution in [0.4, 0.5) is 0 Å². The van der Waals surface area contributed by atoms with Crippen LogP contribution in [-0.2, 0) is 27.7 Å². The van der Waals surface area contributed by atoms with Crippen molar-refractivity contribution >= 4 is 38.7 Å². The lowest BCUT2D eigenvalue weighted by Crippen LogP contribution is -2.37. The van der Waals surface area contributed by atoms with E-state index in [2.05, 4.69) is 26.0 Å². The molecule has 0 saturated heterocycles. The molecule has 0 bridgehead atoms. The number of aromatic nitrogens is 6. The van der Waals surface area contributed by atoms with E-state index in [4.69, 9.17) is 11.6 Å². The monoisotopic (exact) mass is 386 g/mol. The lowest BCUT2D eigenvalue weighted by molar-refractivity contribution is 0.670. The van der Waals surface area contributed by atoms with Crippen LogP contribution in [0.3, 0.4) is 0 Å². The standard InChI is InChI=1S/C12H12BrClN6O2/c1-17-9-8(10(21)18(2)12(17)22)15-11(13)20(9)5-6-4-7(14)19(3)16-6/h4H,5H2,1-3H3. The average Bonchev–Trinajstić information content (AvgIpc) is 2.96. The summed E-state index contributed by atoms with van der Waals surface area (Å²) in [6.45, 7) is 0.331. The predicted molar refractivity (Wildman–Crippen MR) is 85.2 cm³/mol. The van der Waals surface area contributed by atoms with Crippen LogP contribution in [0.5, 0.6) is 0 Å². The zero-order chi connectivity index (χ0) is 16.2. The summed E-state index contributed by atoms with van der Waals surface area (Å²) in [7, 11) is 4.76. The molecule has 3 aromatic heterocycles. The van der Waals surface area contributed by atoms with E-state index in [1.54, 1.807) is 29.4 Å². The van der Waals surface area contributed by atoms with Crippen molar-refractivity contribution < 1.29 is 0 Å². The van der Waals surface area contributed by atoms with Crippen molar-refractivity contribution in [1.82, 2.24) is 28.5 Å². The Bertz CT molecular complexity index is 992. The zero-order valence-corrected chi connectivity index (χ0v) is 14.4. The van der Waals surface area contributed by atoms with Crippen molar-refractivity contribution in [2.24, 2.45) is 21.1 Å². The third-order valence-electron chi connectivity index (χ3n) is 3.49. The van der Waals surface area contributed by atoms with Gasteiger partial charge in [-0.2, -0.15) is 5.10 Å². The van der Waals surface area contributed by atoms with E-state index in [0.717, 1.165) is 4.57 Å². The molecule has 0 unspecified atom stereocenters. The first-order chi connectivity index (χ1) is 10.3. The third-order valence-corrected chi connectivity index (χ3v) is 4.45. The van der Waals surface area contributed by atoms with Gasteiger partial charge in [0.1, 0.15) is 5.15 Å². The Morgan fingerprint density at radius 2 is 1.91 bits per heavy atom. The van der Waals surface area contributed by atoms with Crippen LogP contribution in [0.15, 0.2) is 20.4 Å². The maximum atomic E-state index is 12.2. The fourth-order valence-corrected chi connectivity index (χ4v) is 2.98. The van der Waals surface area contributed by atoms with Crippen molar-refractivity contribution in [3.05, 3.63) is 42.5 Å². The Kier molecular flexibility index (Phi) is 3.48. The van der Waals surface area contributed by atoms with E-state index in [0.29, 0.717) is 27.8 Å². The summed E-state index contributed by atoms with van der Waals surface area (Å²) < 4.78 is 6.12. The van der Waals surface area contributed by atoms with E-state index < -0.39 is 11.2 Å².